The number of nitrogens with zero attached hydrogens (tertiary/aromatic N) is 1. The molecule has 0 atom stereocenters. The standard InChI is InChI=1S/C25H43F9N2O/c1-4-5-6-7-8-9-10-11-12-13-14-15-16-17-19-36(2,3)20-18-35-21(37)22(26,27)23(28,29)24(30,31)25(32,33)34/h4-20H2,1-3H3/p+1. The lowest BCUT2D eigenvalue weighted by atomic mass is 10.0. The zero-order valence-electron chi connectivity index (χ0n) is 22.3. The highest BCUT2D eigenvalue weighted by Crippen LogP contribution is 2.53. The number of carbonyl (C=O) groups is 1. The van der Waals surface area contributed by atoms with Gasteiger partial charge in [0.05, 0.1) is 33.7 Å². The van der Waals surface area contributed by atoms with Crippen LogP contribution in [0.25, 0.3) is 0 Å². The van der Waals surface area contributed by atoms with Crippen molar-refractivity contribution >= 4 is 5.91 Å². The molecule has 0 heterocycles. The van der Waals surface area contributed by atoms with Crippen LogP contribution in [0.4, 0.5) is 39.5 Å². The van der Waals surface area contributed by atoms with Crippen LogP contribution in [0.1, 0.15) is 96.8 Å². The molecule has 12 heteroatoms. The third-order valence-corrected chi connectivity index (χ3v) is 6.55. The maximum Gasteiger partial charge on any atom is 0.460 e. The molecule has 0 unspecified atom stereocenters. The van der Waals surface area contributed by atoms with Gasteiger partial charge in [0.2, 0.25) is 0 Å². The summed E-state index contributed by atoms with van der Waals surface area (Å²) in [5, 5.41) is 1.38. The summed E-state index contributed by atoms with van der Waals surface area (Å²) in [6.45, 7) is 2.20. The van der Waals surface area contributed by atoms with Crippen molar-refractivity contribution in [2.75, 3.05) is 33.7 Å². The molecule has 0 aromatic carbocycles. The second-order valence-electron chi connectivity index (χ2n) is 10.5. The molecule has 37 heavy (non-hydrogen) atoms. The van der Waals surface area contributed by atoms with Crippen molar-refractivity contribution in [1.82, 2.24) is 5.32 Å². The summed E-state index contributed by atoms with van der Waals surface area (Å²) in [5.41, 5.74) is 0. The van der Waals surface area contributed by atoms with E-state index < -0.39 is 36.4 Å². The molecule has 3 nitrogen and oxygen atoms in total. The Bertz CT molecular complexity index is 638. The lowest BCUT2D eigenvalue weighted by Gasteiger charge is -2.33. The maximum atomic E-state index is 13.6. The van der Waals surface area contributed by atoms with Crippen molar-refractivity contribution in [3.63, 3.8) is 0 Å². The van der Waals surface area contributed by atoms with Crippen molar-refractivity contribution < 1.29 is 48.8 Å². The van der Waals surface area contributed by atoms with Gasteiger partial charge in [-0.2, -0.15) is 39.5 Å². The van der Waals surface area contributed by atoms with Gasteiger partial charge in [-0.15, -0.1) is 0 Å². The highest BCUT2D eigenvalue weighted by atomic mass is 19.4. The lowest BCUT2D eigenvalue weighted by Crippen LogP contribution is -2.65. The minimum absolute atomic E-state index is 0.00149. The smallest absolute Gasteiger partial charge is 0.345 e. The van der Waals surface area contributed by atoms with E-state index in [-0.39, 0.29) is 11.0 Å². The number of unbranched alkanes of at least 4 members (excludes halogenated alkanes) is 13. The molecule has 0 aliphatic carbocycles. The second-order valence-corrected chi connectivity index (χ2v) is 10.5. The molecule has 0 saturated heterocycles. The summed E-state index contributed by atoms with van der Waals surface area (Å²) in [4.78, 5) is 11.4. The molecule has 0 saturated carbocycles. The Morgan fingerprint density at radius 2 is 0.973 bits per heavy atom. The summed E-state index contributed by atoms with van der Waals surface area (Å²) in [6.07, 6.45) is 9.58. The minimum Gasteiger partial charge on any atom is -0.345 e. The molecule has 0 aliphatic heterocycles. The molecular weight excluding hydrogens is 515 g/mol. The number of rotatable bonds is 21. The third kappa shape index (κ3) is 12.0. The van der Waals surface area contributed by atoms with E-state index in [4.69, 9.17) is 0 Å². The first-order valence-corrected chi connectivity index (χ1v) is 13.2. The number of alkyl halides is 9. The van der Waals surface area contributed by atoms with Gasteiger partial charge in [-0.1, -0.05) is 84.0 Å². The zero-order chi connectivity index (χ0) is 28.8. The predicted molar refractivity (Wildman–Crippen MR) is 126 cm³/mol. The van der Waals surface area contributed by atoms with E-state index in [1.807, 2.05) is 0 Å². The predicted octanol–water partition coefficient (Wildman–Crippen LogP) is 8.13. The summed E-state index contributed by atoms with van der Waals surface area (Å²) < 4.78 is 116. The van der Waals surface area contributed by atoms with E-state index in [1.54, 1.807) is 14.1 Å². The van der Waals surface area contributed by atoms with Gasteiger partial charge < -0.3 is 9.80 Å². The van der Waals surface area contributed by atoms with Crippen molar-refractivity contribution in [2.45, 2.75) is 121 Å². The summed E-state index contributed by atoms with van der Waals surface area (Å²) in [5.74, 6) is -23.2. The molecule has 1 N–H and O–H groups in total. The van der Waals surface area contributed by atoms with Gasteiger partial charge in [-0.3, -0.25) is 4.79 Å². The fraction of sp³-hybridized carbons (Fsp3) is 0.960. The van der Waals surface area contributed by atoms with Crippen molar-refractivity contribution in [1.29, 1.82) is 0 Å². The fourth-order valence-corrected chi connectivity index (χ4v) is 3.95. The van der Waals surface area contributed by atoms with E-state index >= 15 is 0 Å². The number of nitrogens with one attached hydrogen (secondary N) is 1. The van der Waals surface area contributed by atoms with Gasteiger partial charge in [-0.05, 0) is 12.8 Å². The monoisotopic (exact) mass is 559 g/mol. The number of quaternary nitrogens is 1. The largest absolute Gasteiger partial charge is 0.460 e. The van der Waals surface area contributed by atoms with Crippen LogP contribution in [0.2, 0.25) is 0 Å². The van der Waals surface area contributed by atoms with Crippen molar-refractivity contribution in [3.05, 3.63) is 0 Å². The first-order chi connectivity index (χ1) is 16.9. The Kier molecular flexibility index (Phi) is 15.5. The fourth-order valence-electron chi connectivity index (χ4n) is 3.95. The van der Waals surface area contributed by atoms with Crippen LogP contribution < -0.4 is 5.32 Å². The summed E-state index contributed by atoms with van der Waals surface area (Å²) in [7, 11) is 3.41. The van der Waals surface area contributed by atoms with Gasteiger partial charge >= 0.3 is 23.9 Å². The average Bonchev–Trinajstić information content (AvgIpc) is 2.78. The van der Waals surface area contributed by atoms with Gasteiger partial charge in [0, 0.05) is 0 Å². The van der Waals surface area contributed by atoms with Crippen molar-refractivity contribution in [2.24, 2.45) is 0 Å². The van der Waals surface area contributed by atoms with Crippen LogP contribution in [0, 0.1) is 0 Å². The molecule has 0 rings (SSSR count). The van der Waals surface area contributed by atoms with Crippen LogP contribution in [0.3, 0.4) is 0 Å². The molecule has 0 spiro atoms. The SMILES string of the molecule is CCCCCCCCCCCCCCCC[N+](C)(C)CCNC(=O)C(F)(F)C(F)(F)C(F)(F)C(F)(F)F. The first-order valence-electron chi connectivity index (χ1n) is 13.2. The molecule has 222 valence electrons. The first kappa shape index (κ1) is 35.8. The molecule has 0 radical (unpaired) electrons. The number of amides is 1. The van der Waals surface area contributed by atoms with E-state index in [1.165, 1.54) is 63.1 Å². The van der Waals surface area contributed by atoms with Gasteiger partial charge in [-0.25, -0.2) is 0 Å². The number of halogens is 9. The zero-order valence-corrected chi connectivity index (χ0v) is 22.3. The Hall–Kier alpha value is -1.20. The third-order valence-electron chi connectivity index (χ3n) is 6.55. The quantitative estimate of drug-likeness (QED) is 0.0859. The van der Waals surface area contributed by atoms with Gasteiger partial charge in [0.15, 0.2) is 0 Å². The summed E-state index contributed by atoms with van der Waals surface area (Å²) in [6, 6.07) is 0. The number of hydrogen-bond donors (Lipinski definition) is 1. The van der Waals surface area contributed by atoms with Crippen LogP contribution in [0.15, 0.2) is 0 Å². The molecule has 0 aromatic heterocycles. The maximum absolute atomic E-state index is 13.6. The van der Waals surface area contributed by atoms with Crippen LogP contribution >= 0.6 is 0 Å². The van der Waals surface area contributed by atoms with E-state index in [2.05, 4.69) is 6.92 Å². The lowest BCUT2D eigenvalue weighted by molar-refractivity contribution is -0.889. The Labute approximate surface area is 215 Å². The Morgan fingerprint density at radius 1 is 0.595 bits per heavy atom. The topological polar surface area (TPSA) is 29.1 Å². The van der Waals surface area contributed by atoms with Crippen LogP contribution in [-0.2, 0) is 4.79 Å². The number of carbonyl (C=O) groups excluding carboxylic acids is 1. The number of hydrogen-bond acceptors (Lipinski definition) is 1. The van der Waals surface area contributed by atoms with Gasteiger partial charge in [0.25, 0.3) is 5.91 Å². The van der Waals surface area contributed by atoms with Gasteiger partial charge in [0.1, 0.15) is 0 Å². The molecule has 1 amide bonds. The normalized spacial score (nSPS) is 13.7. The Balaban J connectivity index is 4.14. The van der Waals surface area contributed by atoms with Crippen molar-refractivity contribution in [3.8, 4) is 0 Å². The summed E-state index contributed by atoms with van der Waals surface area (Å²) >= 11 is 0. The van der Waals surface area contributed by atoms with E-state index in [0.29, 0.717) is 6.54 Å². The molecule has 0 bridgehead atoms. The molecule has 0 aromatic rings. The molecule has 0 aliphatic rings. The Morgan fingerprint density at radius 3 is 1.35 bits per heavy atom. The van der Waals surface area contributed by atoms with Crippen LogP contribution in [0.5, 0.6) is 0 Å². The molecular formula is C25H44F9N2O+. The molecule has 0 fully saturated rings. The number of likely N-dealkylation sites (N-methyl/N-ethyl adjacent to an activating group) is 1. The highest BCUT2D eigenvalue weighted by Gasteiger charge is 2.83. The second kappa shape index (κ2) is 16.0. The van der Waals surface area contributed by atoms with E-state index in [9.17, 15) is 44.3 Å². The van der Waals surface area contributed by atoms with Crippen LogP contribution in [-0.4, -0.2) is 68.1 Å². The minimum atomic E-state index is -7.08. The van der Waals surface area contributed by atoms with E-state index in [0.717, 1.165) is 32.1 Å². The average molecular weight is 560 g/mol. The highest BCUT2D eigenvalue weighted by molar-refractivity contribution is 5.84.